The second-order valence-electron chi connectivity index (χ2n) is 8.14. The van der Waals surface area contributed by atoms with Crippen molar-refractivity contribution < 1.29 is 8.42 Å². The van der Waals surface area contributed by atoms with E-state index in [0.29, 0.717) is 13.0 Å². The van der Waals surface area contributed by atoms with Crippen LogP contribution in [-0.2, 0) is 9.84 Å². The van der Waals surface area contributed by atoms with E-state index in [0.717, 1.165) is 49.4 Å². The molecule has 0 radical (unpaired) electrons. The molecule has 1 saturated heterocycles. The molecule has 1 aromatic rings. The van der Waals surface area contributed by atoms with Crippen molar-refractivity contribution in [3.8, 4) is 0 Å². The molecule has 1 aliphatic rings. The highest BCUT2D eigenvalue weighted by Crippen LogP contribution is 2.26. The molecule has 1 fully saturated rings. The highest BCUT2D eigenvalue weighted by Gasteiger charge is 2.23. The molecule has 0 aliphatic carbocycles. The van der Waals surface area contributed by atoms with E-state index < -0.39 is 9.84 Å². The summed E-state index contributed by atoms with van der Waals surface area (Å²) in [7, 11) is -2.95. The number of aliphatic imine (C=N–C) groups is 1. The van der Waals surface area contributed by atoms with E-state index in [4.69, 9.17) is 16.6 Å². The molecule has 1 heterocycles. The first kappa shape index (κ1) is 22.8. The van der Waals surface area contributed by atoms with Gasteiger partial charge in [-0.15, -0.1) is 0 Å². The average molecular weight is 429 g/mol. The van der Waals surface area contributed by atoms with E-state index in [-0.39, 0.29) is 11.2 Å². The Morgan fingerprint density at radius 1 is 1.21 bits per heavy atom. The zero-order valence-electron chi connectivity index (χ0n) is 17.4. The molecular weight excluding hydrogens is 396 g/mol. The maximum atomic E-state index is 11.5. The Morgan fingerprint density at radius 3 is 2.43 bits per heavy atom. The summed E-state index contributed by atoms with van der Waals surface area (Å²) < 4.78 is 22.9. The molecule has 0 unspecified atom stereocenters. The lowest BCUT2D eigenvalue weighted by Crippen LogP contribution is -2.52. The van der Waals surface area contributed by atoms with Crippen LogP contribution in [0, 0.1) is 5.41 Å². The molecule has 2 rings (SSSR count). The van der Waals surface area contributed by atoms with E-state index in [1.54, 1.807) is 0 Å². The predicted octanol–water partition coefficient (Wildman–Crippen LogP) is 2.89. The van der Waals surface area contributed by atoms with Gasteiger partial charge in [-0.1, -0.05) is 37.6 Å². The zero-order valence-corrected chi connectivity index (χ0v) is 19.0. The number of anilines is 1. The van der Waals surface area contributed by atoms with Gasteiger partial charge in [-0.25, -0.2) is 8.42 Å². The van der Waals surface area contributed by atoms with Gasteiger partial charge in [0.2, 0.25) is 0 Å². The molecule has 0 saturated carbocycles. The third kappa shape index (κ3) is 7.17. The highest BCUT2D eigenvalue weighted by atomic mass is 35.5. The number of guanidine groups is 1. The van der Waals surface area contributed by atoms with Crippen molar-refractivity contribution in [2.24, 2.45) is 10.4 Å². The van der Waals surface area contributed by atoms with Crippen LogP contribution in [0.3, 0.4) is 0 Å². The Balaban J connectivity index is 1.98. The Morgan fingerprint density at radius 2 is 1.86 bits per heavy atom. The molecule has 1 aromatic carbocycles. The van der Waals surface area contributed by atoms with Crippen molar-refractivity contribution in [3.05, 3.63) is 29.3 Å². The summed E-state index contributed by atoms with van der Waals surface area (Å²) in [5.74, 6) is 1.09. The lowest BCUT2D eigenvalue weighted by atomic mass is 9.90. The van der Waals surface area contributed by atoms with Crippen molar-refractivity contribution in [1.82, 2.24) is 10.2 Å². The topological polar surface area (TPSA) is 65.0 Å². The lowest BCUT2D eigenvalue weighted by molar-refractivity contribution is 0.348. The number of hydrogen-bond donors (Lipinski definition) is 1. The van der Waals surface area contributed by atoms with Crippen molar-refractivity contribution in [2.45, 2.75) is 27.2 Å². The van der Waals surface area contributed by atoms with Crippen LogP contribution < -0.4 is 10.2 Å². The fourth-order valence-electron chi connectivity index (χ4n) is 3.12. The Labute approximate surface area is 174 Å². The van der Waals surface area contributed by atoms with Crippen LogP contribution in [0.2, 0.25) is 5.02 Å². The van der Waals surface area contributed by atoms with Crippen LogP contribution in [0.25, 0.3) is 0 Å². The largest absolute Gasteiger partial charge is 0.367 e. The van der Waals surface area contributed by atoms with E-state index >= 15 is 0 Å². The van der Waals surface area contributed by atoms with Crippen LogP contribution in [0.1, 0.15) is 27.2 Å². The smallest absolute Gasteiger partial charge is 0.194 e. The van der Waals surface area contributed by atoms with Crippen LogP contribution in [-0.4, -0.2) is 70.6 Å². The Kier molecular flexibility index (Phi) is 8.01. The minimum absolute atomic E-state index is 0.164. The number of para-hydroxylation sites is 1. The zero-order chi connectivity index (χ0) is 20.8. The summed E-state index contributed by atoms with van der Waals surface area (Å²) in [6, 6.07) is 7.94. The summed E-state index contributed by atoms with van der Waals surface area (Å²) in [6.07, 6.45) is 1.89. The van der Waals surface area contributed by atoms with E-state index in [1.165, 1.54) is 6.26 Å². The molecule has 0 atom stereocenters. The van der Waals surface area contributed by atoms with Crippen LogP contribution >= 0.6 is 11.6 Å². The second-order valence-corrected chi connectivity index (χ2v) is 10.8. The fraction of sp³-hybridized carbons (Fsp3) is 0.650. The van der Waals surface area contributed by atoms with E-state index in [2.05, 4.69) is 42.0 Å². The third-order valence-corrected chi connectivity index (χ3v) is 6.18. The summed E-state index contributed by atoms with van der Waals surface area (Å²) in [5, 5.41) is 4.16. The molecule has 1 aliphatic heterocycles. The summed E-state index contributed by atoms with van der Waals surface area (Å²) >= 11 is 6.33. The standard InChI is InChI=1S/C20H33ClN4O2S/c1-5-22-19(23-16-20(2,3)10-15-28(4,26)27)25-13-11-24(12-14-25)18-9-7-6-8-17(18)21/h6-9H,5,10-16H2,1-4H3,(H,22,23). The molecule has 158 valence electrons. The fourth-order valence-corrected chi connectivity index (χ4v) is 4.30. The van der Waals surface area contributed by atoms with Crippen molar-refractivity contribution in [1.29, 1.82) is 0 Å². The molecular formula is C20H33ClN4O2S. The number of halogens is 1. The van der Waals surface area contributed by atoms with Crippen LogP contribution in [0.4, 0.5) is 5.69 Å². The number of hydrogen-bond acceptors (Lipinski definition) is 4. The summed E-state index contributed by atoms with van der Waals surface area (Å²) in [5.41, 5.74) is 0.913. The van der Waals surface area contributed by atoms with Gasteiger partial charge in [0.1, 0.15) is 9.84 Å². The molecule has 6 nitrogen and oxygen atoms in total. The summed E-state index contributed by atoms with van der Waals surface area (Å²) in [6.45, 7) is 11.1. The monoisotopic (exact) mass is 428 g/mol. The third-order valence-electron chi connectivity index (χ3n) is 4.91. The molecule has 0 bridgehead atoms. The maximum Gasteiger partial charge on any atom is 0.194 e. The normalized spacial score (nSPS) is 16.4. The molecule has 0 aromatic heterocycles. The first-order chi connectivity index (χ1) is 13.1. The Hall–Kier alpha value is -1.47. The van der Waals surface area contributed by atoms with Gasteiger partial charge in [0.05, 0.1) is 16.5 Å². The minimum Gasteiger partial charge on any atom is -0.367 e. The maximum absolute atomic E-state index is 11.5. The van der Waals surface area contributed by atoms with E-state index in [9.17, 15) is 8.42 Å². The Bertz CT molecular complexity index is 772. The minimum atomic E-state index is -2.95. The molecule has 8 heteroatoms. The molecule has 0 spiro atoms. The van der Waals surface area contributed by atoms with Gasteiger partial charge in [0, 0.05) is 45.5 Å². The van der Waals surface area contributed by atoms with Crippen molar-refractivity contribution in [2.75, 3.05) is 56.2 Å². The number of nitrogens with one attached hydrogen (secondary N) is 1. The van der Waals surface area contributed by atoms with Gasteiger partial charge in [-0.3, -0.25) is 4.99 Å². The lowest BCUT2D eigenvalue weighted by Gasteiger charge is -2.38. The van der Waals surface area contributed by atoms with Gasteiger partial charge in [-0.05, 0) is 30.9 Å². The summed E-state index contributed by atoms with van der Waals surface area (Å²) in [4.78, 5) is 9.39. The van der Waals surface area contributed by atoms with E-state index in [1.807, 2.05) is 18.2 Å². The number of sulfone groups is 1. The SMILES string of the molecule is CCNC(=NCC(C)(C)CCS(C)(=O)=O)N1CCN(c2ccccc2Cl)CC1. The average Bonchev–Trinajstić information content (AvgIpc) is 2.64. The van der Waals surface area contributed by atoms with Crippen molar-refractivity contribution >= 4 is 33.1 Å². The van der Waals surface area contributed by atoms with Gasteiger partial charge in [0.15, 0.2) is 5.96 Å². The van der Waals surface area contributed by atoms with Crippen LogP contribution in [0.5, 0.6) is 0 Å². The molecule has 1 N–H and O–H groups in total. The first-order valence-electron chi connectivity index (χ1n) is 9.82. The number of rotatable bonds is 7. The van der Waals surface area contributed by atoms with Crippen molar-refractivity contribution in [3.63, 3.8) is 0 Å². The molecule has 28 heavy (non-hydrogen) atoms. The van der Waals surface area contributed by atoms with Gasteiger partial charge in [-0.2, -0.15) is 0 Å². The predicted molar refractivity (Wildman–Crippen MR) is 119 cm³/mol. The highest BCUT2D eigenvalue weighted by molar-refractivity contribution is 7.90. The number of piperazine rings is 1. The number of nitrogens with zero attached hydrogens (tertiary/aromatic N) is 3. The van der Waals surface area contributed by atoms with Crippen LogP contribution in [0.15, 0.2) is 29.3 Å². The number of benzene rings is 1. The quantitative estimate of drug-likeness (QED) is 0.534. The van der Waals surface area contributed by atoms with Gasteiger partial charge >= 0.3 is 0 Å². The first-order valence-corrected chi connectivity index (χ1v) is 12.3. The van der Waals surface area contributed by atoms with Gasteiger partial charge in [0.25, 0.3) is 0 Å². The molecule has 0 amide bonds. The van der Waals surface area contributed by atoms with Gasteiger partial charge < -0.3 is 15.1 Å². The second kappa shape index (κ2) is 9.83.